The molecular weight excluding hydrogens is 216 g/mol. The van der Waals surface area contributed by atoms with Gasteiger partial charge in [-0.1, -0.05) is 13.3 Å². The van der Waals surface area contributed by atoms with E-state index in [0.717, 1.165) is 6.42 Å². The van der Waals surface area contributed by atoms with Crippen LogP contribution in [0.4, 0.5) is 0 Å². The molecule has 0 unspecified atom stereocenters. The second kappa shape index (κ2) is 22.4. The van der Waals surface area contributed by atoms with Gasteiger partial charge in [0.05, 0.1) is 0 Å². The minimum Gasteiger partial charge on any atom is -0.343 e. The summed E-state index contributed by atoms with van der Waals surface area (Å²) in [5.41, 5.74) is 0. The molecule has 0 aromatic carbocycles. The van der Waals surface area contributed by atoms with Crippen LogP contribution in [-0.2, 0) is 0 Å². The second-order valence-corrected chi connectivity index (χ2v) is 5.35. The Morgan fingerprint density at radius 1 is 1.20 bits per heavy atom. The molecule has 0 radical (unpaired) electrons. The molecule has 0 aliphatic rings. The van der Waals surface area contributed by atoms with E-state index in [-0.39, 0.29) is 48.8 Å². The van der Waals surface area contributed by atoms with Crippen molar-refractivity contribution in [1.82, 2.24) is 0 Å². The molecule has 0 bridgehead atoms. The Morgan fingerprint density at radius 2 is 1.30 bits per heavy atom. The van der Waals surface area contributed by atoms with Gasteiger partial charge in [0.1, 0.15) is 0 Å². The van der Waals surface area contributed by atoms with Crippen molar-refractivity contribution in [3.8, 4) is 0 Å². The topological polar surface area (TPSA) is 0 Å². The maximum Gasteiger partial charge on any atom is 2.00 e. The average Bonchev–Trinajstić information content (AvgIpc) is 1.65. The molecule has 0 aromatic heterocycles. The first kappa shape index (κ1) is 22.5. The maximum absolute atomic E-state index is 3.60. The Bertz CT molecular complexity index is 30.0. The Morgan fingerprint density at radius 3 is 1.30 bits per heavy atom. The first-order chi connectivity index (χ1) is 3.65. The largest absolute Gasteiger partial charge is 2.00 e. The van der Waals surface area contributed by atoms with Crippen LogP contribution in [0.3, 0.4) is 0 Å². The van der Waals surface area contributed by atoms with Crippen molar-refractivity contribution < 1.29 is 0 Å². The third kappa shape index (κ3) is 112. The molecule has 0 saturated carbocycles. The van der Waals surface area contributed by atoms with Gasteiger partial charge in [0.2, 0.25) is 0 Å². The van der Waals surface area contributed by atoms with Gasteiger partial charge >= 0.3 is 23.1 Å². The van der Waals surface area contributed by atoms with E-state index in [4.69, 9.17) is 0 Å². The normalized spacial score (nSPS) is 6.60. The van der Waals surface area contributed by atoms with Crippen molar-refractivity contribution >= 4 is 48.8 Å². The molecule has 0 aromatic rings. The standard InChI is InChI=1S/C4H9.C3H9Si.BrH.Mg/c1-3-4-2;1-4(2)3;;/h1,3-4H2,2H3;1-3H3;1H;/q2*-1;;+2. The summed E-state index contributed by atoms with van der Waals surface area (Å²) in [7, 11) is 0.120. The minimum absolute atomic E-state index is 0. The molecule has 3 heteroatoms. The van der Waals surface area contributed by atoms with Crippen molar-refractivity contribution in [3.63, 3.8) is 0 Å². The Hall–Kier alpha value is 1.46. The first-order valence-corrected chi connectivity index (χ1v) is 6.21. The fourth-order valence-electron chi connectivity index (χ4n) is 0. The molecule has 0 atom stereocenters. The van der Waals surface area contributed by atoms with Crippen LogP contribution < -0.4 is 0 Å². The van der Waals surface area contributed by atoms with Crippen LogP contribution in [0.25, 0.3) is 0 Å². The molecule has 0 nitrogen and oxygen atoms in total. The van der Waals surface area contributed by atoms with Gasteiger partial charge in [-0.2, -0.15) is 26.1 Å². The Labute approximate surface area is 94.7 Å². The molecule has 10 heavy (non-hydrogen) atoms. The van der Waals surface area contributed by atoms with E-state index < -0.39 is 0 Å². The summed E-state index contributed by atoms with van der Waals surface area (Å²) in [6, 6.07) is 0. The second-order valence-electron chi connectivity index (χ2n) is 2.35. The van der Waals surface area contributed by atoms with E-state index in [1.54, 1.807) is 0 Å². The summed E-state index contributed by atoms with van der Waals surface area (Å²) in [4.78, 5) is 0. The number of rotatable bonds is 1. The predicted molar refractivity (Wildman–Crippen MR) is 59.7 cm³/mol. The van der Waals surface area contributed by atoms with Gasteiger partial charge in [0.15, 0.2) is 0 Å². The summed E-state index contributed by atoms with van der Waals surface area (Å²) in [6.45, 7) is 12.5. The van der Waals surface area contributed by atoms with Gasteiger partial charge in [-0.05, 0) is 0 Å². The van der Waals surface area contributed by atoms with Gasteiger partial charge in [-0.3, -0.25) is 8.80 Å². The number of hydrogen-bond acceptors (Lipinski definition) is 0. The Balaban J connectivity index is -0.0000000300. The third-order valence-electron chi connectivity index (χ3n) is 0.354. The monoisotopic (exact) mass is 234 g/mol. The molecule has 0 aliphatic heterocycles. The summed E-state index contributed by atoms with van der Waals surface area (Å²) in [5.74, 6) is 0. The van der Waals surface area contributed by atoms with Crippen LogP contribution in [0.2, 0.25) is 19.6 Å². The van der Waals surface area contributed by atoms with E-state index in [1.807, 2.05) is 0 Å². The average molecular weight is 236 g/mol. The van der Waals surface area contributed by atoms with E-state index in [9.17, 15) is 0 Å². The van der Waals surface area contributed by atoms with Gasteiger partial charge in [-0.15, -0.1) is 17.0 Å². The van der Waals surface area contributed by atoms with Crippen molar-refractivity contribution in [2.24, 2.45) is 0 Å². The van der Waals surface area contributed by atoms with Crippen molar-refractivity contribution in [2.75, 3.05) is 0 Å². The van der Waals surface area contributed by atoms with E-state index in [1.165, 1.54) is 6.42 Å². The van der Waals surface area contributed by atoms with Crippen LogP contribution in [0.1, 0.15) is 19.8 Å². The van der Waals surface area contributed by atoms with Crippen molar-refractivity contribution in [1.29, 1.82) is 0 Å². The zero-order chi connectivity index (χ0) is 6.99. The zero-order valence-corrected chi connectivity index (χ0v) is 11.9. The molecule has 0 saturated heterocycles. The molecule has 0 amide bonds. The van der Waals surface area contributed by atoms with E-state index >= 15 is 0 Å². The minimum atomic E-state index is 0. The van der Waals surface area contributed by atoms with Crippen molar-refractivity contribution in [2.45, 2.75) is 39.4 Å². The molecule has 60 valence electrons. The molecular formula is C7H19BrMgSi. The number of hydrogen-bond donors (Lipinski definition) is 0. The van der Waals surface area contributed by atoms with E-state index in [2.05, 4.69) is 33.5 Å². The van der Waals surface area contributed by atoms with E-state index in [0.29, 0.717) is 0 Å². The summed E-state index contributed by atoms with van der Waals surface area (Å²) in [5, 5.41) is 0. The summed E-state index contributed by atoms with van der Waals surface area (Å²) >= 11 is 0. The summed E-state index contributed by atoms with van der Waals surface area (Å²) in [6.07, 6.45) is 2.28. The maximum atomic E-state index is 3.60. The third-order valence-corrected chi connectivity index (χ3v) is 0.354. The van der Waals surface area contributed by atoms with Gasteiger partial charge < -0.3 is 6.92 Å². The van der Waals surface area contributed by atoms with Crippen LogP contribution in [0.15, 0.2) is 0 Å². The van der Waals surface area contributed by atoms with Crippen LogP contribution >= 0.6 is 17.0 Å². The predicted octanol–water partition coefficient (Wildman–Crippen LogP) is 3.19. The SMILES string of the molecule is Br.C[Si-](C)C.[CH2-]CCC.[Mg+2]. The fourth-order valence-corrected chi connectivity index (χ4v) is 0. The molecule has 0 N–H and O–H groups in total. The zero-order valence-electron chi connectivity index (χ0n) is 7.74. The molecule has 0 heterocycles. The van der Waals surface area contributed by atoms with Crippen LogP contribution in [0.5, 0.6) is 0 Å². The molecule has 0 rings (SSSR count). The van der Waals surface area contributed by atoms with Crippen LogP contribution in [0, 0.1) is 6.92 Å². The smallest absolute Gasteiger partial charge is 0.343 e. The van der Waals surface area contributed by atoms with Crippen LogP contribution in [-0.4, -0.2) is 31.8 Å². The molecule has 0 spiro atoms. The molecule has 0 fully saturated rings. The van der Waals surface area contributed by atoms with Gasteiger partial charge in [0, 0.05) is 0 Å². The number of halogens is 1. The fraction of sp³-hybridized carbons (Fsp3) is 0.857. The van der Waals surface area contributed by atoms with Gasteiger partial charge in [-0.25, -0.2) is 0 Å². The quantitative estimate of drug-likeness (QED) is 0.484. The Kier molecular flexibility index (Phi) is 50.5. The number of unbranched alkanes of at least 4 members (excludes halogenated alkanes) is 1. The van der Waals surface area contributed by atoms with Crippen molar-refractivity contribution in [3.05, 3.63) is 6.92 Å². The summed E-state index contributed by atoms with van der Waals surface area (Å²) < 4.78 is 0. The molecule has 0 aliphatic carbocycles. The van der Waals surface area contributed by atoms with Gasteiger partial charge in [0.25, 0.3) is 0 Å². The first-order valence-electron chi connectivity index (χ1n) is 3.21.